The van der Waals surface area contributed by atoms with E-state index in [1.165, 1.54) is 12.6 Å². The van der Waals surface area contributed by atoms with Crippen molar-refractivity contribution in [2.24, 2.45) is 17.8 Å². The van der Waals surface area contributed by atoms with Gasteiger partial charge in [0.15, 0.2) is 0 Å². The fourth-order valence-electron chi connectivity index (χ4n) is 6.28. The lowest BCUT2D eigenvalue weighted by molar-refractivity contribution is -0.137. The first kappa shape index (κ1) is 21.9. The number of rotatable bonds is 3. The fraction of sp³-hybridized carbons (Fsp3) is 0.739. The van der Waals surface area contributed by atoms with Gasteiger partial charge in [0.1, 0.15) is 5.82 Å². The molecule has 1 aromatic heterocycles. The lowest BCUT2D eigenvalue weighted by atomic mass is 9.67. The lowest BCUT2D eigenvalue weighted by Crippen LogP contribution is -2.64. The maximum absolute atomic E-state index is 13.0. The number of nitrogens with one attached hydrogen (secondary N) is 2. The molecule has 5 rings (SSSR count). The minimum absolute atomic E-state index is 0.138. The Hall–Kier alpha value is -1.87. The van der Waals surface area contributed by atoms with Crippen LogP contribution >= 0.6 is 0 Å². The SMILES string of the molecule is O=C1NC2CC(CN3CCN(c4cc(C(F)(F)F)ccn4)CC3)CCC2C2NCCCC12. The van der Waals surface area contributed by atoms with Crippen LogP contribution in [0.2, 0.25) is 0 Å². The Bertz CT molecular complexity index is 826. The summed E-state index contributed by atoms with van der Waals surface area (Å²) in [7, 11) is 0. The van der Waals surface area contributed by atoms with Crippen molar-refractivity contribution in [3.8, 4) is 0 Å². The molecule has 5 atom stereocenters. The second-order valence-corrected chi connectivity index (χ2v) is 9.87. The van der Waals surface area contributed by atoms with E-state index >= 15 is 0 Å². The Morgan fingerprint density at radius 1 is 1.12 bits per heavy atom. The number of hydrogen-bond acceptors (Lipinski definition) is 5. The number of piperidine rings is 2. The number of aromatic nitrogens is 1. The highest BCUT2D eigenvalue weighted by Crippen LogP contribution is 2.39. The summed E-state index contributed by atoms with van der Waals surface area (Å²) < 4.78 is 39.0. The largest absolute Gasteiger partial charge is 0.416 e. The van der Waals surface area contributed by atoms with Gasteiger partial charge in [-0.15, -0.1) is 0 Å². The third-order valence-electron chi connectivity index (χ3n) is 7.93. The van der Waals surface area contributed by atoms with Gasteiger partial charge in [-0.2, -0.15) is 13.2 Å². The van der Waals surface area contributed by atoms with Crippen LogP contribution in [0.1, 0.15) is 37.7 Å². The van der Waals surface area contributed by atoms with Crippen LogP contribution in [0.15, 0.2) is 18.3 Å². The van der Waals surface area contributed by atoms with Crippen LogP contribution in [0.25, 0.3) is 0 Å². The first-order valence-electron chi connectivity index (χ1n) is 11.9. The van der Waals surface area contributed by atoms with Crippen LogP contribution in [0.3, 0.4) is 0 Å². The zero-order valence-corrected chi connectivity index (χ0v) is 18.3. The molecule has 4 fully saturated rings. The first-order valence-corrected chi connectivity index (χ1v) is 11.9. The number of amides is 1. The topological polar surface area (TPSA) is 60.5 Å². The van der Waals surface area contributed by atoms with Gasteiger partial charge in [0, 0.05) is 51.0 Å². The van der Waals surface area contributed by atoms with Gasteiger partial charge in [0.25, 0.3) is 0 Å². The van der Waals surface area contributed by atoms with E-state index in [1.54, 1.807) is 0 Å². The van der Waals surface area contributed by atoms with Crippen molar-refractivity contribution in [1.29, 1.82) is 0 Å². The molecule has 1 aromatic rings. The van der Waals surface area contributed by atoms with Crippen molar-refractivity contribution >= 4 is 11.7 Å². The number of pyridine rings is 1. The number of carbonyl (C=O) groups is 1. The molecule has 3 saturated heterocycles. The molecule has 32 heavy (non-hydrogen) atoms. The van der Waals surface area contributed by atoms with E-state index in [0.29, 0.717) is 36.8 Å². The Morgan fingerprint density at radius 3 is 2.72 bits per heavy atom. The molecule has 1 aliphatic carbocycles. The van der Waals surface area contributed by atoms with Crippen LogP contribution < -0.4 is 15.5 Å². The zero-order valence-electron chi connectivity index (χ0n) is 18.3. The Labute approximate surface area is 186 Å². The van der Waals surface area contributed by atoms with Crippen molar-refractivity contribution in [1.82, 2.24) is 20.5 Å². The fourth-order valence-corrected chi connectivity index (χ4v) is 6.28. The van der Waals surface area contributed by atoms with Crippen LogP contribution in [0.5, 0.6) is 0 Å². The molecule has 1 saturated carbocycles. The van der Waals surface area contributed by atoms with Crippen molar-refractivity contribution < 1.29 is 18.0 Å². The van der Waals surface area contributed by atoms with E-state index < -0.39 is 11.7 Å². The molecule has 9 heteroatoms. The number of piperazine rings is 1. The van der Waals surface area contributed by atoms with E-state index in [4.69, 9.17) is 0 Å². The molecule has 2 N–H and O–H groups in total. The molecule has 3 aliphatic heterocycles. The molecule has 176 valence electrons. The Balaban J connectivity index is 1.14. The molecule has 4 heterocycles. The van der Waals surface area contributed by atoms with Gasteiger partial charge in [-0.1, -0.05) is 0 Å². The summed E-state index contributed by atoms with van der Waals surface area (Å²) in [5.74, 6) is 1.86. The third-order valence-corrected chi connectivity index (χ3v) is 7.93. The van der Waals surface area contributed by atoms with Gasteiger partial charge >= 0.3 is 6.18 Å². The molecule has 0 aromatic carbocycles. The van der Waals surface area contributed by atoms with Crippen molar-refractivity contribution in [2.45, 2.75) is 50.4 Å². The van der Waals surface area contributed by atoms with E-state index in [-0.39, 0.29) is 17.9 Å². The molecule has 4 aliphatic rings. The van der Waals surface area contributed by atoms with Crippen LogP contribution in [0.4, 0.5) is 19.0 Å². The second kappa shape index (κ2) is 8.82. The minimum atomic E-state index is -4.35. The monoisotopic (exact) mass is 451 g/mol. The third kappa shape index (κ3) is 4.46. The molecule has 5 unspecified atom stereocenters. The van der Waals surface area contributed by atoms with Gasteiger partial charge in [-0.25, -0.2) is 4.98 Å². The number of hydrogen-bond donors (Lipinski definition) is 2. The van der Waals surface area contributed by atoms with Crippen LogP contribution in [-0.4, -0.2) is 67.1 Å². The smallest absolute Gasteiger partial charge is 0.354 e. The Kier molecular flexibility index (Phi) is 6.05. The summed E-state index contributed by atoms with van der Waals surface area (Å²) in [5.41, 5.74) is -0.647. The van der Waals surface area contributed by atoms with Crippen LogP contribution in [0, 0.1) is 17.8 Å². The summed E-state index contributed by atoms with van der Waals surface area (Å²) in [6.45, 7) is 5.01. The van der Waals surface area contributed by atoms with Gasteiger partial charge < -0.3 is 15.5 Å². The van der Waals surface area contributed by atoms with Gasteiger partial charge in [0.05, 0.1) is 11.5 Å². The summed E-state index contributed by atoms with van der Waals surface area (Å²) >= 11 is 0. The van der Waals surface area contributed by atoms with Crippen molar-refractivity contribution in [3.05, 3.63) is 23.9 Å². The number of nitrogens with zero attached hydrogens (tertiary/aromatic N) is 3. The number of fused-ring (bicyclic) bond motifs is 3. The average Bonchev–Trinajstić information content (AvgIpc) is 2.79. The van der Waals surface area contributed by atoms with E-state index in [0.717, 1.165) is 64.0 Å². The summed E-state index contributed by atoms with van der Waals surface area (Å²) in [5, 5.41) is 6.95. The highest BCUT2D eigenvalue weighted by atomic mass is 19.4. The average molecular weight is 452 g/mol. The van der Waals surface area contributed by atoms with E-state index in [1.807, 2.05) is 4.90 Å². The molecule has 0 bridgehead atoms. The molecule has 1 amide bonds. The molecular weight excluding hydrogens is 419 g/mol. The van der Waals surface area contributed by atoms with Gasteiger partial charge in [-0.3, -0.25) is 9.69 Å². The standard InChI is InChI=1S/C23H32F3N5O/c24-23(25,26)16-5-7-27-20(13-16)31-10-8-30(9-11-31)14-15-3-4-17-19(12-15)29-22(32)18-2-1-6-28-21(17)18/h5,7,13,15,17-19,21,28H,1-4,6,8-12,14H2,(H,29,32). The van der Waals surface area contributed by atoms with E-state index in [9.17, 15) is 18.0 Å². The Morgan fingerprint density at radius 2 is 1.94 bits per heavy atom. The summed E-state index contributed by atoms with van der Waals surface area (Å²) in [6.07, 6.45) is 2.33. The number of carbonyl (C=O) groups excluding carboxylic acids is 1. The summed E-state index contributed by atoms with van der Waals surface area (Å²) in [6, 6.07) is 2.77. The number of anilines is 1. The lowest BCUT2D eigenvalue weighted by Gasteiger charge is -2.50. The molecule has 6 nitrogen and oxygen atoms in total. The van der Waals surface area contributed by atoms with Crippen LogP contribution in [-0.2, 0) is 11.0 Å². The van der Waals surface area contributed by atoms with Gasteiger partial charge in [0.2, 0.25) is 5.91 Å². The molecule has 0 spiro atoms. The normalized spacial score (nSPS) is 33.9. The molecular formula is C23H32F3N5O. The maximum atomic E-state index is 13.0. The predicted octanol–water partition coefficient (Wildman–Crippen LogP) is 2.51. The van der Waals surface area contributed by atoms with E-state index in [2.05, 4.69) is 20.5 Å². The number of halogens is 3. The zero-order chi connectivity index (χ0) is 22.3. The predicted molar refractivity (Wildman–Crippen MR) is 115 cm³/mol. The number of alkyl halides is 3. The first-order chi connectivity index (χ1) is 15.4. The highest BCUT2D eigenvalue weighted by molar-refractivity contribution is 5.81. The summed E-state index contributed by atoms with van der Waals surface area (Å²) in [4.78, 5) is 21.1. The van der Waals surface area contributed by atoms with Gasteiger partial charge in [-0.05, 0) is 62.6 Å². The highest BCUT2D eigenvalue weighted by Gasteiger charge is 2.47. The second-order valence-electron chi connectivity index (χ2n) is 9.87. The van der Waals surface area contributed by atoms with Crippen molar-refractivity contribution in [2.75, 3.05) is 44.2 Å². The van der Waals surface area contributed by atoms with Crippen molar-refractivity contribution in [3.63, 3.8) is 0 Å². The molecule has 0 radical (unpaired) electrons. The quantitative estimate of drug-likeness (QED) is 0.740. The minimum Gasteiger partial charge on any atom is -0.354 e. The maximum Gasteiger partial charge on any atom is 0.416 e.